The molecule has 2 heterocycles. The lowest BCUT2D eigenvalue weighted by Gasteiger charge is -2.46. The number of hydrogen-bond donors (Lipinski definition) is 7. The Morgan fingerprint density at radius 1 is 0.562 bits per heavy atom. The van der Waals surface area contributed by atoms with Crippen LogP contribution in [0.15, 0.2) is 0 Å². The second-order valence-corrected chi connectivity index (χ2v) is 26.8. The maximum atomic E-state index is 11.6. The molecule has 0 aromatic rings. The monoisotopic (exact) mass is 930 g/mol. The summed E-state index contributed by atoms with van der Waals surface area (Å²) < 4.78 is 17.3. The summed E-state index contributed by atoms with van der Waals surface area (Å²) in [6, 6.07) is 2.18. The van der Waals surface area contributed by atoms with Crippen molar-refractivity contribution in [3.63, 3.8) is 0 Å². The minimum Gasteiger partial charge on any atom is -0.394 e. The van der Waals surface area contributed by atoms with Gasteiger partial charge < -0.3 is 44.8 Å². The molecule has 2 rings (SSSR count). The van der Waals surface area contributed by atoms with Crippen molar-refractivity contribution in [2.45, 2.75) is 312 Å². The third kappa shape index (κ3) is 27.1. The minimum absolute atomic E-state index is 0.111. The highest BCUT2D eigenvalue weighted by Crippen LogP contribution is 2.29. The molecule has 11 heteroatoms. The fourth-order valence-electron chi connectivity index (χ4n) is 10.0. The quantitative estimate of drug-likeness (QED) is 0.0231. The predicted molar refractivity (Wildman–Crippen MR) is 268 cm³/mol. The predicted octanol–water partition coefficient (Wildman–Crippen LogP) is 11.3. The molecule has 0 aromatic heterocycles. The van der Waals surface area contributed by atoms with Crippen LogP contribution < -0.4 is 5.32 Å². The van der Waals surface area contributed by atoms with Crippen molar-refractivity contribution >= 4 is 8.07 Å². The minimum atomic E-state index is -1.55. The summed E-state index contributed by atoms with van der Waals surface area (Å²) >= 11 is 0. The largest absolute Gasteiger partial charge is 0.394 e. The number of nitrogens with one attached hydrogen (secondary N) is 1. The van der Waals surface area contributed by atoms with Gasteiger partial charge in [-0.05, 0) is 12.8 Å². The van der Waals surface area contributed by atoms with E-state index in [-0.39, 0.29) is 12.1 Å². The highest BCUT2D eigenvalue weighted by Gasteiger charge is 2.46. The summed E-state index contributed by atoms with van der Waals surface area (Å²) in [7, 11) is -1.15. The number of hydrogen-bond acceptors (Lipinski definition) is 10. The number of aliphatic hydroxyl groups excluding tert-OH is 6. The Bertz CT molecular complexity index is 1050. The molecule has 64 heavy (non-hydrogen) atoms. The normalized spacial score (nSPS) is 22.7. The standard InChI is InChI=1S/C53H107NO9Si/c1-5-7-9-11-13-15-17-19-20-21-23-25-27-31-35-39-64(3,4)40-36-32-28-30-34-38-53(43-61-44-53)54-45(42-62-52-51(60)50(59)49(58)47(41-55)63-52)48(57)46(56)37-33-29-26-24-22-18-16-14-12-10-8-6-2/h45-52,54-60H,5-44H2,1-4H3/t45-,46+,47?,48-,49?,50?,51?,52?/m0/s1. The molecule has 2 aliphatic heterocycles. The molecule has 0 aromatic carbocycles. The van der Waals surface area contributed by atoms with Gasteiger partial charge in [-0.2, -0.15) is 0 Å². The van der Waals surface area contributed by atoms with Crippen LogP contribution in [0.1, 0.15) is 232 Å². The molecule has 2 saturated heterocycles. The number of ether oxygens (including phenoxy) is 3. The lowest BCUT2D eigenvalue weighted by atomic mass is 9.87. The second kappa shape index (κ2) is 37.7. The molecule has 5 unspecified atom stereocenters. The van der Waals surface area contributed by atoms with E-state index >= 15 is 0 Å². The highest BCUT2D eigenvalue weighted by molar-refractivity contribution is 6.77. The maximum Gasteiger partial charge on any atom is 0.186 e. The SMILES string of the molecule is CCCCCCCCCCCCCCCCC[Si](C)(C)CCCCCCCC1(N[C@@H](COC2OC(CO)C(O)C(O)C2O)[C@H](O)[C@H](O)CCCCCCCCCCCCCC)COC1. The Morgan fingerprint density at radius 2 is 0.969 bits per heavy atom. The average Bonchev–Trinajstić information content (AvgIpc) is 3.27. The van der Waals surface area contributed by atoms with Crippen LogP contribution in [0.5, 0.6) is 0 Å². The van der Waals surface area contributed by atoms with Crippen LogP contribution in [0, 0.1) is 0 Å². The summed E-state index contributed by atoms with van der Waals surface area (Å²) in [4.78, 5) is 0. The number of aliphatic hydroxyl groups is 6. The van der Waals surface area contributed by atoms with Crippen molar-refractivity contribution in [3.05, 3.63) is 0 Å². The van der Waals surface area contributed by atoms with E-state index in [9.17, 15) is 30.6 Å². The first-order chi connectivity index (χ1) is 31.0. The molecule has 10 nitrogen and oxygen atoms in total. The Labute approximate surface area is 395 Å². The Morgan fingerprint density at radius 3 is 1.38 bits per heavy atom. The summed E-state index contributed by atoms with van der Waals surface area (Å²) in [5.41, 5.74) is -0.359. The molecule has 0 radical (unpaired) electrons. The van der Waals surface area contributed by atoms with Gasteiger partial charge in [0.15, 0.2) is 6.29 Å². The van der Waals surface area contributed by atoms with Gasteiger partial charge in [0, 0.05) is 8.07 Å². The van der Waals surface area contributed by atoms with Crippen LogP contribution in [0.3, 0.4) is 0 Å². The number of unbranched alkanes of at least 4 members (excludes halogenated alkanes) is 29. The van der Waals surface area contributed by atoms with Gasteiger partial charge in [-0.3, -0.25) is 5.32 Å². The van der Waals surface area contributed by atoms with Crippen LogP contribution in [0.2, 0.25) is 25.2 Å². The fourth-order valence-corrected chi connectivity index (χ4v) is 12.7. The average molecular weight is 931 g/mol. The molecule has 0 aliphatic carbocycles. The van der Waals surface area contributed by atoms with Gasteiger partial charge >= 0.3 is 0 Å². The molecule has 2 fully saturated rings. The van der Waals surface area contributed by atoms with Gasteiger partial charge in [0.25, 0.3) is 0 Å². The number of rotatable bonds is 45. The van der Waals surface area contributed by atoms with Crippen LogP contribution in [0.4, 0.5) is 0 Å². The van der Waals surface area contributed by atoms with E-state index in [1.165, 1.54) is 185 Å². The molecule has 0 bridgehead atoms. The topological polar surface area (TPSA) is 161 Å². The third-order valence-corrected chi connectivity index (χ3v) is 18.1. The summed E-state index contributed by atoms with van der Waals surface area (Å²) in [6.07, 6.45) is 34.3. The molecule has 8 atom stereocenters. The third-order valence-electron chi connectivity index (χ3n) is 14.7. The van der Waals surface area contributed by atoms with E-state index in [0.717, 1.165) is 38.5 Å². The summed E-state index contributed by atoms with van der Waals surface area (Å²) in [5, 5.41) is 67.3. The van der Waals surface area contributed by atoms with E-state index < -0.39 is 63.6 Å². The lowest BCUT2D eigenvalue weighted by Crippen LogP contribution is -2.67. The van der Waals surface area contributed by atoms with Crippen molar-refractivity contribution in [1.29, 1.82) is 0 Å². The van der Waals surface area contributed by atoms with Gasteiger partial charge in [-0.1, -0.05) is 244 Å². The Kier molecular flexibility index (Phi) is 35.3. The highest BCUT2D eigenvalue weighted by atomic mass is 28.3. The first-order valence-corrected chi connectivity index (χ1v) is 31.0. The zero-order valence-electron chi connectivity index (χ0n) is 42.3. The van der Waals surface area contributed by atoms with Crippen LogP contribution in [-0.2, 0) is 14.2 Å². The molecular formula is C53H107NO9Si. The van der Waals surface area contributed by atoms with Gasteiger partial charge in [-0.25, -0.2) is 0 Å². The van der Waals surface area contributed by atoms with Crippen molar-refractivity contribution in [2.75, 3.05) is 26.4 Å². The van der Waals surface area contributed by atoms with Crippen molar-refractivity contribution in [2.24, 2.45) is 0 Å². The van der Waals surface area contributed by atoms with E-state index in [1.807, 2.05) is 0 Å². The molecule has 7 N–H and O–H groups in total. The second-order valence-electron chi connectivity index (χ2n) is 21.4. The molecule has 0 saturated carbocycles. The smallest absolute Gasteiger partial charge is 0.186 e. The summed E-state index contributed by atoms with van der Waals surface area (Å²) in [6.45, 7) is 10.1. The van der Waals surface area contributed by atoms with Gasteiger partial charge in [0.05, 0.1) is 50.2 Å². The molecular weight excluding hydrogens is 823 g/mol. The van der Waals surface area contributed by atoms with Gasteiger partial charge in [0.2, 0.25) is 0 Å². The van der Waals surface area contributed by atoms with E-state index in [2.05, 4.69) is 32.3 Å². The van der Waals surface area contributed by atoms with Gasteiger partial charge in [0.1, 0.15) is 24.4 Å². The zero-order valence-corrected chi connectivity index (χ0v) is 43.3. The molecule has 0 spiro atoms. The van der Waals surface area contributed by atoms with E-state index in [4.69, 9.17) is 14.2 Å². The molecule has 0 amide bonds. The van der Waals surface area contributed by atoms with Crippen molar-refractivity contribution < 1.29 is 44.8 Å². The Balaban J connectivity index is 1.70. The first-order valence-electron chi connectivity index (χ1n) is 27.6. The zero-order chi connectivity index (χ0) is 46.7. The van der Waals surface area contributed by atoms with Crippen molar-refractivity contribution in [1.82, 2.24) is 5.32 Å². The fraction of sp³-hybridized carbons (Fsp3) is 1.00. The Hall–Kier alpha value is -0.183. The molecule has 382 valence electrons. The van der Waals surface area contributed by atoms with E-state index in [0.29, 0.717) is 19.6 Å². The van der Waals surface area contributed by atoms with Crippen LogP contribution >= 0.6 is 0 Å². The maximum absolute atomic E-state index is 11.6. The first kappa shape index (κ1) is 59.9. The summed E-state index contributed by atoms with van der Waals surface area (Å²) in [5.74, 6) is 0. The van der Waals surface area contributed by atoms with Crippen molar-refractivity contribution in [3.8, 4) is 0 Å². The lowest BCUT2D eigenvalue weighted by molar-refractivity contribution is -0.303. The van der Waals surface area contributed by atoms with Crippen LogP contribution in [-0.4, -0.2) is 120 Å². The van der Waals surface area contributed by atoms with Crippen LogP contribution in [0.25, 0.3) is 0 Å². The van der Waals surface area contributed by atoms with Gasteiger partial charge in [-0.15, -0.1) is 0 Å². The van der Waals surface area contributed by atoms with E-state index in [1.54, 1.807) is 0 Å². The molecule has 2 aliphatic rings.